The van der Waals surface area contributed by atoms with Gasteiger partial charge >= 0.3 is 23.2 Å². The topological polar surface area (TPSA) is 83.3 Å². The van der Waals surface area contributed by atoms with Gasteiger partial charge in [-0.05, 0) is 63.0 Å². The molecule has 0 fully saturated rings. The Hall–Kier alpha value is -2.02. The summed E-state index contributed by atoms with van der Waals surface area (Å²) in [4.78, 5) is 14.0. The fourth-order valence-corrected chi connectivity index (χ4v) is 11.1. The van der Waals surface area contributed by atoms with Crippen LogP contribution in [0.2, 0.25) is 12.1 Å². The van der Waals surface area contributed by atoms with Gasteiger partial charge in [-0.1, -0.05) is 60.7 Å². The van der Waals surface area contributed by atoms with Crippen molar-refractivity contribution in [3.05, 3.63) is 60.7 Å². The third-order valence-electron chi connectivity index (χ3n) is 6.12. The van der Waals surface area contributed by atoms with E-state index in [1.807, 2.05) is 64.1 Å². The van der Waals surface area contributed by atoms with E-state index in [2.05, 4.69) is 24.3 Å². The van der Waals surface area contributed by atoms with E-state index in [0.29, 0.717) is 39.5 Å². The van der Waals surface area contributed by atoms with Gasteiger partial charge in [-0.3, -0.25) is 0 Å². The zero-order chi connectivity index (χ0) is 26.3. The average molecular weight is 533 g/mol. The third-order valence-corrected chi connectivity index (χ3v) is 13.6. The molecule has 0 radical (unpaired) electrons. The highest BCUT2D eigenvalue weighted by Gasteiger charge is 2.40. The molecule has 2 rings (SSSR count). The zero-order valence-electron chi connectivity index (χ0n) is 22.4. The van der Waals surface area contributed by atoms with Crippen LogP contribution in [0.1, 0.15) is 40.5 Å². The molecule has 0 unspecified atom stereocenters. The van der Waals surface area contributed by atoms with Crippen LogP contribution < -0.4 is 16.1 Å². The molecule has 9 heteroatoms. The first-order chi connectivity index (χ1) is 17.5. The van der Waals surface area contributed by atoms with Gasteiger partial charge < -0.3 is 28.3 Å². The minimum absolute atomic E-state index is 0.408. The number of primary amides is 1. The number of nitrogens with two attached hydrogens (primary N) is 1. The molecule has 0 aliphatic rings. The van der Waals surface area contributed by atoms with Crippen LogP contribution in [-0.2, 0) is 17.7 Å². The van der Waals surface area contributed by atoms with Gasteiger partial charge in [0, 0.05) is 39.5 Å². The molecule has 0 heterocycles. The molecular weight excluding hydrogens is 488 g/mol. The van der Waals surface area contributed by atoms with E-state index in [-0.39, 0.29) is 0 Å². The second kappa shape index (κ2) is 16.0. The number of carbonyl (C=O) groups is 1. The van der Waals surface area contributed by atoms with E-state index in [4.69, 9.17) is 23.4 Å². The van der Waals surface area contributed by atoms with E-state index in [1.54, 1.807) is 4.90 Å². The predicted molar refractivity (Wildman–Crippen MR) is 150 cm³/mol. The Bertz CT molecular complexity index is 795. The summed E-state index contributed by atoms with van der Waals surface area (Å²) in [6.07, 6.45) is 1.50. The van der Waals surface area contributed by atoms with Gasteiger partial charge in [-0.2, -0.15) is 0 Å². The van der Waals surface area contributed by atoms with Crippen LogP contribution in [0.3, 0.4) is 0 Å². The molecule has 0 bridgehead atoms. The molecule has 0 aliphatic heterocycles. The van der Waals surface area contributed by atoms with E-state index in [1.165, 1.54) is 0 Å². The van der Waals surface area contributed by atoms with Crippen LogP contribution in [-0.4, -0.2) is 67.6 Å². The normalized spacial score (nSPS) is 12.0. The maximum absolute atomic E-state index is 12.3. The van der Waals surface area contributed by atoms with Gasteiger partial charge in [0.05, 0.1) is 0 Å². The Kier molecular flexibility index (Phi) is 13.4. The van der Waals surface area contributed by atoms with Crippen molar-refractivity contribution in [2.24, 2.45) is 5.73 Å². The molecule has 2 aromatic carbocycles. The van der Waals surface area contributed by atoms with Gasteiger partial charge in [0.15, 0.2) is 0 Å². The number of amides is 2. The van der Waals surface area contributed by atoms with Crippen LogP contribution in [0.25, 0.3) is 0 Å². The summed E-state index contributed by atoms with van der Waals surface area (Å²) in [5.41, 5.74) is 5.78. The summed E-state index contributed by atoms with van der Waals surface area (Å²) in [6.45, 7) is 11.4. The van der Waals surface area contributed by atoms with E-state index in [0.717, 1.165) is 35.3 Å². The van der Waals surface area contributed by atoms with Crippen molar-refractivity contribution in [1.82, 2.24) is 4.90 Å². The van der Waals surface area contributed by atoms with Gasteiger partial charge in [-0.25, -0.2) is 4.79 Å². The molecule has 2 amide bonds. The van der Waals surface area contributed by atoms with Crippen LogP contribution in [0, 0.1) is 0 Å². The number of benzene rings is 2. The van der Waals surface area contributed by atoms with E-state index < -0.39 is 23.2 Å². The van der Waals surface area contributed by atoms with Crippen LogP contribution >= 0.6 is 0 Å². The first-order valence-electron chi connectivity index (χ1n) is 13.2. The van der Waals surface area contributed by atoms with Crippen LogP contribution in [0.15, 0.2) is 60.7 Å². The van der Waals surface area contributed by atoms with E-state index >= 15 is 0 Å². The summed E-state index contributed by atoms with van der Waals surface area (Å²) in [6, 6.07) is 21.5. The monoisotopic (exact) mass is 532 g/mol. The Labute approximate surface area is 219 Å². The number of carbonyl (C=O) groups excluding carboxylic acids is 1. The lowest BCUT2D eigenvalue weighted by molar-refractivity contribution is 0.186. The molecule has 0 spiro atoms. The largest absolute Gasteiger partial charge is 0.391 e. The van der Waals surface area contributed by atoms with Crippen molar-refractivity contribution in [3.8, 4) is 0 Å². The lowest BCUT2D eigenvalue weighted by atomic mass is 10.3. The standard InChI is InChI=1S/C27H44N2O5Si2/c1-5-31-35(32-6-2,25-17-11-9-12-18-25)23-15-21-29(27(28)30)22-16-24-36(33-7-3,34-8-4)26-19-13-10-14-20-26/h9-14,17-20H,5-8,15-16,21-24H2,1-4H3,(H2,28,30). The van der Waals surface area contributed by atoms with Gasteiger partial charge in [-0.15, -0.1) is 0 Å². The molecule has 0 aromatic heterocycles. The summed E-state index contributed by atoms with van der Waals surface area (Å²) in [7, 11) is -5.22. The molecule has 0 atom stereocenters. The molecule has 2 N–H and O–H groups in total. The second-order valence-corrected chi connectivity index (χ2v) is 14.8. The van der Waals surface area contributed by atoms with Crippen molar-refractivity contribution in [1.29, 1.82) is 0 Å². The maximum atomic E-state index is 12.3. The summed E-state index contributed by atoms with van der Waals surface area (Å²) >= 11 is 0. The van der Waals surface area contributed by atoms with Gasteiger partial charge in [0.1, 0.15) is 0 Å². The molecule has 2 aromatic rings. The fourth-order valence-electron chi connectivity index (χ4n) is 4.65. The average Bonchev–Trinajstić information content (AvgIpc) is 2.89. The molecule has 0 aliphatic carbocycles. The first kappa shape index (κ1) is 30.2. The maximum Gasteiger partial charge on any atom is 0.372 e. The van der Waals surface area contributed by atoms with Gasteiger partial charge in [0.2, 0.25) is 0 Å². The Morgan fingerprint density at radius 3 is 1.28 bits per heavy atom. The van der Waals surface area contributed by atoms with Crippen LogP contribution in [0.5, 0.6) is 0 Å². The molecule has 200 valence electrons. The van der Waals surface area contributed by atoms with Crippen molar-refractivity contribution in [2.45, 2.75) is 52.6 Å². The Morgan fingerprint density at radius 1 is 0.667 bits per heavy atom. The quantitative estimate of drug-likeness (QED) is 0.294. The smallest absolute Gasteiger partial charge is 0.372 e. The second-order valence-electron chi connectivity index (χ2n) is 8.50. The van der Waals surface area contributed by atoms with Crippen LogP contribution in [0.4, 0.5) is 4.79 Å². The lowest BCUT2D eigenvalue weighted by Crippen LogP contribution is -2.54. The van der Waals surface area contributed by atoms with Crippen molar-refractivity contribution in [3.63, 3.8) is 0 Å². The number of hydrogen-bond donors (Lipinski definition) is 1. The molecule has 0 saturated heterocycles. The first-order valence-corrected chi connectivity index (χ1v) is 17.2. The number of nitrogens with zero attached hydrogens (tertiary/aromatic N) is 1. The fraction of sp³-hybridized carbons (Fsp3) is 0.519. The van der Waals surface area contributed by atoms with Gasteiger partial charge in [0.25, 0.3) is 0 Å². The zero-order valence-corrected chi connectivity index (χ0v) is 24.4. The summed E-state index contributed by atoms with van der Waals surface area (Å²) in [5, 5.41) is 2.23. The van der Waals surface area contributed by atoms with Crippen molar-refractivity contribution < 1.29 is 22.5 Å². The minimum atomic E-state index is -2.61. The van der Waals surface area contributed by atoms with Crippen molar-refractivity contribution >= 4 is 33.5 Å². The Balaban J connectivity index is 2.06. The molecule has 7 nitrogen and oxygen atoms in total. The number of rotatable bonds is 18. The molecular formula is C27H44N2O5Si2. The third kappa shape index (κ3) is 8.53. The highest BCUT2D eigenvalue weighted by atomic mass is 28.4. The summed E-state index contributed by atoms with van der Waals surface area (Å²) < 4.78 is 25.1. The summed E-state index contributed by atoms with van der Waals surface area (Å²) in [5.74, 6) is 0. The molecule has 36 heavy (non-hydrogen) atoms. The predicted octanol–water partition coefficient (Wildman–Crippen LogP) is 3.99. The minimum Gasteiger partial charge on any atom is -0.391 e. The SMILES string of the molecule is CCO[Si](CCCN(CCC[Si](OCC)(OCC)c1ccccc1)C(N)=O)(OCC)c1ccccc1. The van der Waals surface area contributed by atoms with E-state index in [9.17, 15) is 4.79 Å². The van der Waals surface area contributed by atoms with Crippen molar-refractivity contribution in [2.75, 3.05) is 39.5 Å². The Morgan fingerprint density at radius 2 is 1.00 bits per heavy atom. The highest BCUT2D eigenvalue weighted by molar-refractivity contribution is 6.81. The molecule has 0 saturated carbocycles. The lowest BCUT2D eigenvalue weighted by Gasteiger charge is -2.32. The number of hydrogen-bond acceptors (Lipinski definition) is 5. The highest BCUT2D eigenvalue weighted by Crippen LogP contribution is 2.20. The number of urea groups is 1.